The molecule has 0 fully saturated rings. The van der Waals surface area contributed by atoms with Gasteiger partial charge in [0, 0.05) is 17.3 Å². The fourth-order valence-electron chi connectivity index (χ4n) is 2.65. The molecule has 30 heavy (non-hydrogen) atoms. The lowest BCUT2D eigenvalue weighted by Gasteiger charge is -2.27. The van der Waals surface area contributed by atoms with E-state index in [1.807, 2.05) is 13.8 Å². The maximum atomic E-state index is 13.1. The van der Waals surface area contributed by atoms with E-state index >= 15 is 0 Å². The number of carbonyl (C=O) groups is 2. The molecule has 1 heterocycles. The summed E-state index contributed by atoms with van der Waals surface area (Å²) in [5, 5.41) is 15.6. The molecule has 0 aliphatic rings. The van der Waals surface area contributed by atoms with Gasteiger partial charge in [0.05, 0.1) is 0 Å². The highest BCUT2D eigenvalue weighted by Crippen LogP contribution is 2.18. The van der Waals surface area contributed by atoms with Crippen molar-refractivity contribution in [3.63, 3.8) is 0 Å². The number of nitrogens with zero attached hydrogens (tertiary/aromatic N) is 2. The van der Waals surface area contributed by atoms with Crippen LogP contribution in [0.15, 0.2) is 47.8 Å². The highest BCUT2D eigenvalue weighted by atomic mass is 19.1. The normalized spacial score (nSPS) is 13.1. The Bertz CT molecular complexity index is 934. The number of anilines is 1. The number of benzene rings is 1. The van der Waals surface area contributed by atoms with Crippen LogP contribution in [-0.2, 0) is 9.53 Å². The molecule has 0 saturated heterocycles. The number of rotatable bonds is 7. The van der Waals surface area contributed by atoms with Gasteiger partial charge in [0.2, 0.25) is 5.78 Å². The van der Waals surface area contributed by atoms with Crippen LogP contribution in [0.3, 0.4) is 0 Å². The average molecular weight is 415 g/mol. The second-order valence-corrected chi connectivity index (χ2v) is 8.11. The Kier molecular flexibility index (Phi) is 7.26. The maximum absolute atomic E-state index is 13.1. The third-order valence-electron chi connectivity index (χ3n) is 4.09. The number of ketones is 1. The third kappa shape index (κ3) is 6.10. The van der Waals surface area contributed by atoms with Gasteiger partial charge in [-0.25, -0.2) is 14.2 Å². The first-order valence-corrected chi connectivity index (χ1v) is 9.50. The van der Waals surface area contributed by atoms with E-state index < -0.39 is 29.2 Å². The van der Waals surface area contributed by atoms with Gasteiger partial charge >= 0.3 is 5.97 Å². The molecule has 8 heteroatoms. The van der Waals surface area contributed by atoms with E-state index in [2.05, 4.69) is 15.5 Å². The van der Waals surface area contributed by atoms with Crippen molar-refractivity contribution >= 4 is 23.3 Å². The van der Waals surface area contributed by atoms with Gasteiger partial charge in [0.15, 0.2) is 5.71 Å². The van der Waals surface area contributed by atoms with Gasteiger partial charge in [0.1, 0.15) is 23.3 Å². The van der Waals surface area contributed by atoms with Gasteiger partial charge in [-0.05, 0) is 63.1 Å². The zero-order valence-corrected chi connectivity index (χ0v) is 17.6. The Morgan fingerprint density at radius 2 is 1.77 bits per heavy atom. The summed E-state index contributed by atoms with van der Waals surface area (Å²) < 4.78 is 18.6. The van der Waals surface area contributed by atoms with E-state index in [0.717, 1.165) is 12.1 Å². The average Bonchev–Trinajstić information content (AvgIpc) is 2.66. The molecule has 2 N–H and O–H groups in total. The van der Waals surface area contributed by atoms with Crippen LogP contribution in [0.5, 0.6) is 0 Å². The smallest absolute Gasteiger partial charge is 0.329 e. The Morgan fingerprint density at radius 3 is 2.30 bits per heavy atom. The van der Waals surface area contributed by atoms with Gasteiger partial charge in [0.25, 0.3) is 0 Å². The van der Waals surface area contributed by atoms with Crippen molar-refractivity contribution < 1.29 is 23.9 Å². The second kappa shape index (κ2) is 9.47. The number of Topliss-reactive ketones (excluding diaryl/α,β-unsaturated/α-hetero) is 1. The van der Waals surface area contributed by atoms with Crippen LogP contribution in [0.25, 0.3) is 0 Å². The fourth-order valence-corrected chi connectivity index (χ4v) is 2.65. The third-order valence-corrected chi connectivity index (χ3v) is 4.09. The van der Waals surface area contributed by atoms with Gasteiger partial charge < -0.3 is 15.3 Å². The van der Waals surface area contributed by atoms with E-state index in [0.29, 0.717) is 5.82 Å². The Hall–Kier alpha value is -3.29. The number of pyridine rings is 1. The topological polar surface area (TPSA) is 101 Å². The summed E-state index contributed by atoms with van der Waals surface area (Å²) in [5.74, 6) is -1.28. The Balaban J connectivity index is 2.28. The summed E-state index contributed by atoms with van der Waals surface area (Å²) in [7, 11) is 0. The molecule has 0 bridgehead atoms. The minimum Gasteiger partial charge on any atom is -0.458 e. The van der Waals surface area contributed by atoms with Crippen molar-refractivity contribution in [1.82, 2.24) is 4.98 Å². The lowest BCUT2D eigenvalue weighted by Crippen LogP contribution is -2.40. The number of carbonyl (C=O) groups excluding carboxylic acids is 2. The quantitative estimate of drug-likeness (QED) is 0.233. The van der Waals surface area contributed by atoms with Crippen LogP contribution in [-0.4, -0.2) is 39.3 Å². The molecule has 0 aliphatic carbocycles. The summed E-state index contributed by atoms with van der Waals surface area (Å²) in [4.78, 5) is 29.4. The first-order valence-electron chi connectivity index (χ1n) is 9.50. The highest BCUT2D eigenvalue weighted by Gasteiger charge is 2.28. The van der Waals surface area contributed by atoms with Crippen LogP contribution < -0.4 is 5.32 Å². The van der Waals surface area contributed by atoms with Crippen molar-refractivity contribution in [3.8, 4) is 0 Å². The Morgan fingerprint density at radius 1 is 1.13 bits per heavy atom. The van der Waals surface area contributed by atoms with Crippen LogP contribution in [0, 0.1) is 11.7 Å². The molecule has 1 unspecified atom stereocenters. The van der Waals surface area contributed by atoms with E-state index in [1.165, 1.54) is 30.5 Å². The molecule has 1 aromatic carbocycles. The fraction of sp³-hybridized carbons (Fsp3) is 0.364. The molecule has 1 atom stereocenters. The zero-order valence-electron chi connectivity index (χ0n) is 17.6. The summed E-state index contributed by atoms with van der Waals surface area (Å²) in [6.07, 6.45) is 1.42. The minimum atomic E-state index is -0.672. The van der Waals surface area contributed by atoms with Crippen LogP contribution in [0.2, 0.25) is 0 Å². The Labute approximate surface area is 175 Å². The number of hydrogen-bond acceptors (Lipinski definition) is 7. The zero-order chi connectivity index (χ0) is 22.5. The molecule has 0 radical (unpaired) electrons. The molecule has 2 rings (SSSR count). The van der Waals surface area contributed by atoms with Crippen molar-refractivity contribution in [2.75, 3.05) is 5.32 Å². The predicted octanol–water partition coefficient (Wildman–Crippen LogP) is 4.06. The first-order chi connectivity index (χ1) is 14.0. The van der Waals surface area contributed by atoms with E-state index in [4.69, 9.17) is 4.74 Å². The number of ether oxygens (including phenoxy) is 1. The molecular formula is C22H26FN3O4. The van der Waals surface area contributed by atoms with Gasteiger partial charge in [-0.15, -0.1) is 0 Å². The van der Waals surface area contributed by atoms with Crippen LogP contribution >= 0.6 is 0 Å². The lowest BCUT2D eigenvalue weighted by molar-refractivity contribution is -0.156. The second-order valence-electron chi connectivity index (χ2n) is 8.11. The molecule has 0 saturated carbocycles. The molecule has 0 spiro atoms. The molecule has 1 aromatic heterocycles. The van der Waals surface area contributed by atoms with Gasteiger partial charge in [-0.2, -0.15) is 0 Å². The molecule has 160 valence electrons. The van der Waals surface area contributed by atoms with Crippen LogP contribution in [0.1, 0.15) is 50.5 Å². The standard InChI is InChI=1S/C22H26FN3O4/c1-13(2)18(21(28)30-22(3,4)5)25-17-12-15(10-11-24-17)19(26-29)20(27)14-6-8-16(23)9-7-14/h6-13,18,29H,1-5H3,(H,24,25). The maximum Gasteiger partial charge on any atom is 0.329 e. The van der Waals surface area contributed by atoms with Crippen molar-refractivity contribution in [2.45, 2.75) is 46.3 Å². The number of oxime groups is 1. The largest absolute Gasteiger partial charge is 0.458 e. The SMILES string of the molecule is CC(C)C(Nc1cc(C(=NO)C(=O)c2ccc(F)cc2)ccn1)C(=O)OC(C)(C)C. The number of esters is 1. The molecule has 0 amide bonds. The summed E-state index contributed by atoms with van der Waals surface area (Å²) >= 11 is 0. The first kappa shape index (κ1) is 23.0. The number of halogens is 1. The van der Waals surface area contributed by atoms with Gasteiger partial charge in [-0.1, -0.05) is 19.0 Å². The number of aromatic nitrogens is 1. The van der Waals surface area contributed by atoms with Gasteiger partial charge in [-0.3, -0.25) is 4.79 Å². The van der Waals surface area contributed by atoms with Crippen molar-refractivity contribution in [3.05, 3.63) is 59.5 Å². The van der Waals surface area contributed by atoms with E-state index in [9.17, 15) is 19.2 Å². The lowest BCUT2D eigenvalue weighted by atomic mass is 10.0. The summed E-state index contributed by atoms with van der Waals surface area (Å²) in [5.41, 5.74) is -0.412. The summed E-state index contributed by atoms with van der Waals surface area (Å²) in [6.45, 7) is 9.08. The minimum absolute atomic E-state index is 0.0999. The molecule has 7 nitrogen and oxygen atoms in total. The molecule has 0 aliphatic heterocycles. The summed E-state index contributed by atoms with van der Waals surface area (Å²) in [6, 6.07) is 7.23. The van der Waals surface area contributed by atoms with Crippen molar-refractivity contribution in [2.24, 2.45) is 11.1 Å². The van der Waals surface area contributed by atoms with Crippen LogP contribution in [0.4, 0.5) is 10.2 Å². The number of nitrogens with one attached hydrogen (secondary N) is 1. The molecular weight excluding hydrogens is 389 g/mol. The van der Waals surface area contributed by atoms with E-state index in [-0.39, 0.29) is 22.8 Å². The predicted molar refractivity (Wildman–Crippen MR) is 111 cm³/mol. The highest BCUT2D eigenvalue weighted by molar-refractivity contribution is 6.51. The van der Waals surface area contributed by atoms with Crippen molar-refractivity contribution in [1.29, 1.82) is 0 Å². The monoisotopic (exact) mass is 415 g/mol. The van der Waals surface area contributed by atoms with E-state index in [1.54, 1.807) is 20.8 Å². The number of hydrogen-bond donors (Lipinski definition) is 2. The molecule has 2 aromatic rings.